The third kappa shape index (κ3) is 3.66. The number of benzene rings is 1. The number of rotatable bonds is 4. The van der Waals surface area contributed by atoms with E-state index in [-0.39, 0.29) is 18.1 Å². The molecule has 9 nitrogen and oxygen atoms in total. The molecular weight excluding hydrogens is 378 g/mol. The second-order valence-corrected chi connectivity index (χ2v) is 7.03. The quantitative estimate of drug-likeness (QED) is 0.706. The molecule has 26 heavy (non-hydrogen) atoms. The molecule has 1 aromatic carbocycles. The van der Waals surface area contributed by atoms with Gasteiger partial charge in [0.05, 0.1) is 31.5 Å². The molecule has 1 aliphatic rings. The minimum absolute atomic E-state index is 0.0975. The Hall–Kier alpha value is -2.56. The van der Waals surface area contributed by atoms with E-state index in [9.17, 15) is 4.79 Å². The summed E-state index contributed by atoms with van der Waals surface area (Å²) in [5.41, 5.74) is 0.846. The van der Waals surface area contributed by atoms with Crippen molar-refractivity contribution in [3.8, 4) is 10.6 Å². The zero-order chi connectivity index (χ0) is 17.9. The lowest BCUT2D eigenvalue weighted by Crippen LogP contribution is -2.43. The van der Waals surface area contributed by atoms with Gasteiger partial charge in [0.2, 0.25) is 5.13 Å². The second kappa shape index (κ2) is 7.36. The number of hydrogen-bond acceptors (Lipinski definition) is 7. The monoisotopic (exact) mass is 391 g/mol. The van der Waals surface area contributed by atoms with E-state index >= 15 is 0 Å². The van der Waals surface area contributed by atoms with Crippen molar-refractivity contribution < 1.29 is 9.53 Å². The number of hydrogen-bond donors (Lipinski definition) is 2. The summed E-state index contributed by atoms with van der Waals surface area (Å²) in [6.07, 6.45) is 3.34. The molecule has 1 saturated heterocycles. The van der Waals surface area contributed by atoms with E-state index in [1.54, 1.807) is 29.2 Å². The summed E-state index contributed by atoms with van der Waals surface area (Å²) in [7, 11) is 0. The van der Waals surface area contributed by atoms with Crippen molar-refractivity contribution in [3.63, 3.8) is 0 Å². The third-order valence-electron chi connectivity index (χ3n) is 3.86. The summed E-state index contributed by atoms with van der Waals surface area (Å²) in [5.74, 6) is 0. The van der Waals surface area contributed by atoms with Crippen LogP contribution < -0.4 is 10.6 Å². The molecule has 1 fully saturated rings. The largest absolute Gasteiger partial charge is 0.377 e. The summed E-state index contributed by atoms with van der Waals surface area (Å²) in [6, 6.07) is 6.62. The van der Waals surface area contributed by atoms with Crippen LogP contribution in [0, 0.1) is 0 Å². The molecule has 0 saturated carbocycles. The van der Waals surface area contributed by atoms with Gasteiger partial charge in [0, 0.05) is 16.8 Å². The van der Waals surface area contributed by atoms with Gasteiger partial charge in [-0.05, 0) is 12.1 Å². The van der Waals surface area contributed by atoms with Crippen LogP contribution in [0.2, 0.25) is 5.02 Å². The van der Waals surface area contributed by atoms with Gasteiger partial charge in [0.25, 0.3) is 0 Å². The molecule has 0 radical (unpaired) electrons. The minimum Gasteiger partial charge on any atom is -0.377 e. The Labute approximate surface area is 157 Å². The number of urea groups is 1. The Morgan fingerprint density at radius 3 is 3.08 bits per heavy atom. The van der Waals surface area contributed by atoms with E-state index in [4.69, 9.17) is 16.3 Å². The molecule has 2 N–H and O–H groups in total. The fraction of sp³-hybridized carbons (Fsp3) is 0.267. The number of nitrogens with zero attached hydrogens (tertiary/aromatic N) is 5. The molecule has 3 heterocycles. The number of ether oxygens (including phenoxy) is 1. The van der Waals surface area contributed by atoms with Gasteiger partial charge in [-0.25, -0.2) is 9.48 Å². The van der Waals surface area contributed by atoms with Gasteiger partial charge in [0.1, 0.15) is 5.01 Å². The number of amides is 2. The van der Waals surface area contributed by atoms with Crippen molar-refractivity contribution >= 4 is 34.1 Å². The van der Waals surface area contributed by atoms with E-state index in [1.165, 1.54) is 11.3 Å². The molecule has 4 rings (SSSR count). The number of nitrogens with one attached hydrogen (secondary N) is 2. The van der Waals surface area contributed by atoms with Gasteiger partial charge in [-0.15, -0.1) is 15.3 Å². The Morgan fingerprint density at radius 1 is 1.35 bits per heavy atom. The third-order valence-corrected chi connectivity index (χ3v) is 4.99. The van der Waals surface area contributed by atoms with Crippen molar-refractivity contribution in [2.45, 2.75) is 12.1 Å². The zero-order valence-electron chi connectivity index (χ0n) is 13.4. The molecule has 134 valence electrons. The van der Waals surface area contributed by atoms with Crippen molar-refractivity contribution in [2.24, 2.45) is 0 Å². The van der Waals surface area contributed by atoms with Crippen LogP contribution in [0.15, 0.2) is 36.7 Å². The van der Waals surface area contributed by atoms with E-state index in [0.29, 0.717) is 28.4 Å². The lowest BCUT2D eigenvalue weighted by atomic mass is 10.2. The fourth-order valence-corrected chi connectivity index (χ4v) is 3.57. The summed E-state index contributed by atoms with van der Waals surface area (Å²) in [6.45, 7) is 0.869. The SMILES string of the molecule is O=C(Nc1nnc(-c2cccc(Cl)c2)s1)N[C@H]1COC[C@H]1n1ccnn1. The van der Waals surface area contributed by atoms with Gasteiger partial charge < -0.3 is 10.1 Å². The maximum atomic E-state index is 12.3. The summed E-state index contributed by atoms with van der Waals surface area (Å²) >= 11 is 7.26. The lowest BCUT2D eigenvalue weighted by molar-refractivity contribution is 0.181. The Kier molecular flexibility index (Phi) is 4.78. The average Bonchev–Trinajstić information content (AvgIpc) is 3.36. The molecule has 11 heteroatoms. The Morgan fingerprint density at radius 2 is 2.27 bits per heavy atom. The first-order chi connectivity index (χ1) is 12.7. The number of halogens is 1. The molecule has 0 bridgehead atoms. The van der Waals surface area contributed by atoms with Crippen LogP contribution in [-0.4, -0.2) is 50.5 Å². The molecule has 0 unspecified atom stereocenters. The van der Waals surface area contributed by atoms with E-state index in [1.807, 2.05) is 12.1 Å². The summed E-state index contributed by atoms with van der Waals surface area (Å²) in [5, 5.41) is 23.1. The van der Waals surface area contributed by atoms with E-state index < -0.39 is 0 Å². The first kappa shape index (κ1) is 16.9. The second-order valence-electron chi connectivity index (χ2n) is 5.62. The van der Waals surface area contributed by atoms with Crippen molar-refractivity contribution in [2.75, 3.05) is 18.5 Å². The highest BCUT2D eigenvalue weighted by Crippen LogP contribution is 2.28. The molecule has 1 aliphatic heterocycles. The van der Waals surface area contributed by atoms with Crippen LogP contribution in [0.5, 0.6) is 0 Å². The topological polar surface area (TPSA) is 107 Å². The molecule has 2 atom stereocenters. The van der Waals surface area contributed by atoms with Crippen LogP contribution in [0.4, 0.5) is 9.93 Å². The molecule has 3 aromatic rings. The van der Waals surface area contributed by atoms with Gasteiger partial charge in [-0.1, -0.05) is 40.3 Å². The van der Waals surface area contributed by atoms with Gasteiger partial charge >= 0.3 is 6.03 Å². The standard InChI is InChI=1S/C15H14ClN7O2S/c16-10-3-1-2-9(6-10)13-20-21-15(26-13)19-14(24)18-11-7-25-8-12(11)23-5-4-17-22-23/h1-6,11-12H,7-8H2,(H2,18,19,21,24)/t11-,12+/m0/s1. The van der Waals surface area contributed by atoms with Gasteiger partial charge in [-0.2, -0.15) is 0 Å². The number of carbonyl (C=O) groups is 1. The number of carbonyl (C=O) groups excluding carboxylic acids is 1. The molecule has 2 amide bonds. The smallest absolute Gasteiger partial charge is 0.321 e. The van der Waals surface area contributed by atoms with Crippen LogP contribution in [-0.2, 0) is 4.74 Å². The molecule has 0 aliphatic carbocycles. The van der Waals surface area contributed by atoms with Gasteiger partial charge in [0.15, 0.2) is 0 Å². The van der Waals surface area contributed by atoms with E-state index in [2.05, 4.69) is 31.1 Å². The van der Waals surface area contributed by atoms with Crippen LogP contribution >= 0.6 is 22.9 Å². The first-order valence-corrected chi connectivity index (χ1v) is 8.99. The Balaban J connectivity index is 1.39. The maximum Gasteiger partial charge on any atom is 0.321 e. The Bertz CT molecular complexity index is 901. The molecular formula is C15H14ClN7O2S. The van der Waals surface area contributed by atoms with Crippen molar-refractivity contribution in [1.29, 1.82) is 0 Å². The molecule has 0 spiro atoms. The average molecular weight is 392 g/mol. The predicted molar refractivity (Wildman–Crippen MR) is 96.2 cm³/mol. The minimum atomic E-state index is -0.376. The van der Waals surface area contributed by atoms with Crippen LogP contribution in [0.1, 0.15) is 6.04 Å². The highest BCUT2D eigenvalue weighted by atomic mass is 35.5. The summed E-state index contributed by atoms with van der Waals surface area (Å²) < 4.78 is 7.13. The van der Waals surface area contributed by atoms with Gasteiger partial charge in [-0.3, -0.25) is 5.32 Å². The van der Waals surface area contributed by atoms with Crippen molar-refractivity contribution in [1.82, 2.24) is 30.5 Å². The highest BCUT2D eigenvalue weighted by Gasteiger charge is 2.31. The number of anilines is 1. The fourth-order valence-electron chi connectivity index (χ4n) is 2.65. The lowest BCUT2D eigenvalue weighted by Gasteiger charge is -2.18. The van der Waals surface area contributed by atoms with E-state index in [0.717, 1.165) is 5.56 Å². The van der Waals surface area contributed by atoms with Crippen molar-refractivity contribution in [3.05, 3.63) is 41.7 Å². The summed E-state index contributed by atoms with van der Waals surface area (Å²) in [4.78, 5) is 12.3. The maximum absolute atomic E-state index is 12.3. The van der Waals surface area contributed by atoms with Crippen LogP contribution in [0.3, 0.4) is 0 Å². The predicted octanol–water partition coefficient (Wildman–Crippen LogP) is 2.21. The zero-order valence-corrected chi connectivity index (χ0v) is 14.9. The van der Waals surface area contributed by atoms with Crippen LogP contribution in [0.25, 0.3) is 10.6 Å². The number of aromatic nitrogens is 5. The highest BCUT2D eigenvalue weighted by molar-refractivity contribution is 7.18. The first-order valence-electron chi connectivity index (χ1n) is 7.79. The molecule has 2 aromatic heterocycles. The normalized spacial score (nSPS) is 19.4.